The number of carbonyl (C=O) groups excluding carboxylic acids is 1. The molecule has 0 bridgehead atoms. The molecular formula is C23H18N2O4. The molecule has 3 aromatic carbocycles. The number of hydrogen-bond acceptors (Lipinski definition) is 4. The topological polar surface area (TPSA) is 74.4 Å². The number of benzene rings is 3. The predicted molar refractivity (Wildman–Crippen MR) is 111 cm³/mol. The number of rotatable bonds is 5. The van der Waals surface area contributed by atoms with E-state index < -0.39 is 10.9 Å². The molecule has 29 heavy (non-hydrogen) atoms. The Hall–Kier alpha value is -3.93. The van der Waals surface area contributed by atoms with Crippen molar-refractivity contribution in [1.82, 2.24) is 4.57 Å². The minimum absolute atomic E-state index is 0.142. The highest BCUT2D eigenvalue weighted by atomic mass is 16.6. The molecule has 0 spiro atoms. The molecule has 4 rings (SSSR count). The Morgan fingerprint density at radius 1 is 1.00 bits per heavy atom. The summed E-state index contributed by atoms with van der Waals surface area (Å²) in [6, 6.07) is 23.9. The minimum Gasteiger partial charge on any atom is -0.462 e. The molecule has 144 valence electrons. The second-order valence-corrected chi connectivity index (χ2v) is 6.48. The normalized spacial score (nSPS) is 10.8. The molecule has 1 aromatic heterocycles. The van der Waals surface area contributed by atoms with Crippen LogP contribution in [0.5, 0.6) is 0 Å². The first-order valence-corrected chi connectivity index (χ1v) is 9.22. The SMILES string of the molecule is CCOC(=O)c1cc([N+](=O)[O-])c2c(c1)cc(-c1ccccc1)n2-c1ccccc1. The summed E-state index contributed by atoms with van der Waals surface area (Å²) < 4.78 is 6.91. The Balaban J connectivity index is 2.09. The van der Waals surface area contributed by atoms with Gasteiger partial charge in [0.1, 0.15) is 5.52 Å². The molecule has 6 heteroatoms. The lowest BCUT2D eigenvalue weighted by Gasteiger charge is -2.11. The molecule has 0 unspecified atom stereocenters. The predicted octanol–water partition coefficient (Wildman–Crippen LogP) is 5.38. The van der Waals surface area contributed by atoms with Gasteiger partial charge in [0.15, 0.2) is 0 Å². The highest BCUT2D eigenvalue weighted by molar-refractivity contribution is 6.01. The van der Waals surface area contributed by atoms with Crippen molar-refractivity contribution >= 4 is 22.6 Å². The monoisotopic (exact) mass is 386 g/mol. The van der Waals surface area contributed by atoms with E-state index in [0.29, 0.717) is 10.9 Å². The van der Waals surface area contributed by atoms with Gasteiger partial charge in [0, 0.05) is 17.1 Å². The summed E-state index contributed by atoms with van der Waals surface area (Å²) in [6.07, 6.45) is 0. The maximum Gasteiger partial charge on any atom is 0.338 e. The molecule has 0 atom stereocenters. The van der Waals surface area contributed by atoms with E-state index in [9.17, 15) is 14.9 Å². The van der Waals surface area contributed by atoms with Gasteiger partial charge < -0.3 is 9.30 Å². The maximum atomic E-state index is 12.2. The minimum atomic E-state index is -0.578. The fourth-order valence-corrected chi connectivity index (χ4v) is 3.47. The van der Waals surface area contributed by atoms with E-state index in [4.69, 9.17) is 4.74 Å². The van der Waals surface area contributed by atoms with E-state index >= 15 is 0 Å². The molecule has 0 saturated carbocycles. The summed E-state index contributed by atoms with van der Waals surface area (Å²) in [5.41, 5.74) is 2.98. The van der Waals surface area contributed by atoms with Gasteiger partial charge in [-0.25, -0.2) is 4.79 Å². The van der Waals surface area contributed by atoms with E-state index in [0.717, 1.165) is 16.9 Å². The third-order valence-corrected chi connectivity index (χ3v) is 4.67. The quantitative estimate of drug-likeness (QED) is 0.262. The van der Waals surface area contributed by atoms with Gasteiger partial charge in [-0.1, -0.05) is 48.5 Å². The smallest absolute Gasteiger partial charge is 0.338 e. The number of aromatic nitrogens is 1. The van der Waals surface area contributed by atoms with Crippen molar-refractivity contribution in [2.45, 2.75) is 6.92 Å². The summed E-state index contributed by atoms with van der Waals surface area (Å²) in [5, 5.41) is 12.5. The zero-order chi connectivity index (χ0) is 20.4. The van der Waals surface area contributed by atoms with Crippen LogP contribution in [0.15, 0.2) is 78.9 Å². The van der Waals surface area contributed by atoms with Crippen molar-refractivity contribution in [1.29, 1.82) is 0 Å². The van der Waals surface area contributed by atoms with E-state index in [1.807, 2.05) is 71.3 Å². The van der Waals surface area contributed by atoms with Crippen molar-refractivity contribution in [2.75, 3.05) is 6.61 Å². The number of carbonyl (C=O) groups is 1. The van der Waals surface area contributed by atoms with Gasteiger partial charge in [0.2, 0.25) is 0 Å². The third kappa shape index (κ3) is 3.36. The average molecular weight is 386 g/mol. The van der Waals surface area contributed by atoms with Gasteiger partial charge in [-0.3, -0.25) is 10.1 Å². The number of para-hydroxylation sites is 1. The molecule has 0 aliphatic rings. The van der Waals surface area contributed by atoms with E-state index in [1.54, 1.807) is 13.0 Å². The van der Waals surface area contributed by atoms with Crippen LogP contribution in [0, 0.1) is 10.1 Å². The lowest BCUT2D eigenvalue weighted by atomic mass is 10.1. The van der Waals surface area contributed by atoms with E-state index in [-0.39, 0.29) is 17.9 Å². The van der Waals surface area contributed by atoms with Crippen LogP contribution in [-0.2, 0) is 4.74 Å². The lowest BCUT2D eigenvalue weighted by molar-refractivity contribution is -0.383. The first-order valence-electron chi connectivity index (χ1n) is 9.22. The molecule has 0 aliphatic heterocycles. The molecule has 6 nitrogen and oxygen atoms in total. The van der Waals surface area contributed by atoms with Crippen molar-refractivity contribution in [2.24, 2.45) is 0 Å². The van der Waals surface area contributed by atoms with Gasteiger partial charge in [-0.15, -0.1) is 0 Å². The molecule has 1 heterocycles. The van der Waals surface area contributed by atoms with Gasteiger partial charge in [0.05, 0.1) is 22.8 Å². The average Bonchev–Trinajstić information content (AvgIpc) is 3.14. The van der Waals surface area contributed by atoms with E-state index in [2.05, 4.69) is 0 Å². The zero-order valence-corrected chi connectivity index (χ0v) is 15.7. The summed E-state index contributed by atoms with van der Waals surface area (Å²) >= 11 is 0. The fraction of sp³-hybridized carbons (Fsp3) is 0.0870. The maximum absolute atomic E-state index is 12.2. The second-order valence-electron chi connectivity index (χ2n) is 6.48. The van der Waals surface area contributed by atoms with Crippen molar-refractivity contribution < 1.29 is 14.5 Å². The number of nitrogens with zero attached hydrogens (tertiary/aromatic N) is 2. The van der Waals surface area contributed by atoms with Crippen LogP contribution in [-0.4, -0.2) is 22.1 Å². The molecule has 0 aliphatic carbocycles. The number of nitro groups is 1. The van der Waals surface area contributed by atoms with Crippen molar-refractivity contribution in [3.05, 3.63) is 94.5 Å². The largest absolute Gasteiger partial charge is 0.462 e. The molecule has 0 amide bonds. The number of esters is 1. The standard InChI is InChI=1S/C23H18N2O4/c1-2-29-23(26)18-13-17-14-20(16-9-5-3-6-10-16)24(19-11-7-4-8-12-19)22(17)21(15-18)25(27)28/h3-15H,2H2,1H3. The number of nitro benzene ring substituents is 1. The lowest BCUT2D eigenvalue weighted by Crippen LogP contribution is -2.06. The van der Waals surface area contributed by atoms with Crippen molar-refractivity contribution in [3.63, 3.8) is 0 Å². The molecule has 0 saturated heterocycles. The highest BCUT2D eigenvalue weighted by Crippen LogP contribution is 2.37. The van der Waals surface area contributed by atoms with Crippen molar-refractivity contribution in [3.8, 4) is 16.9 Å². The molecule has 0 fully saturated rings. The molecule has 0 radical (unpaired) electrons. The van der Waals surface area contributed by atoms with Crippen LogP contribution in [0.1, 0.15) is 17.3 Å². The van der Waals surface area contributed by atoms with Gasteiger partial charge >= 0.3 is 5.97 Å². The zero-order valence-electron chi connectivity index (χ0n) is 15.7. The molecule has 0 N–H and O–H groups in total. The van der Waals surface area contributed by atoms with Crippen LogP contribution >= 0.6 is 0 Å². The summed E-state index contributed by atoms with van der Waals surface area (Å²) in [6.45, 7) is 1.90. The highest BCUT2D eigenvalue weighted by Gasteiger charge is 2.24. The van der Waals surface area contributed by atoms with Crippen LogP contribution in [0.2, 0.25) is 0 Å². The first-order chi connectivity index (χ1) is 14.1. The van der Waals surface area contributed by atoms with Crippen LogP contribution in [0.4, 0.5) is 5.69 Å². The second kappa shape index (κ2) is 7.59. The number of non-ortho nitro benzene ring substituents is 1. The number of hydrogen-bond donors (Lipinski definition) is 0. The summed E-state index contributed by atoms with van der Waals surface area (Å²) in [5.74, 6) is -0.578. The number of ether oxygens (including phenoxy) is 1. The van der Waals surface area contributed by atoms with Crippen LogP contribution in [0.25, 0.3) is 27.8 Å². The summed E-state index contributed by atoms with van der Waals surface area (Å²) in [4.78, 5) is 23.7. The fourth-order valence-electron chi connectivity index (χ4n) is 3.47. The van der Waals surface area contributed by atoms with E-state index in [1.165, 1.54) is 6.07 Å². The molecular weight excluding hydrogens is 368 g/mol. The first kappa shape index (κ1) is 18.4. The van der Waals surface area contributed by atoms with Gasteiger partial charge in [-0.2, -0.15) is 0 Å². The summed E-state index contributed by atoms with van der Waals surface area (Å²) in [7, 11) is 0. The Morgan fingerprint density at radius 2 is 1.66 bits per heavy atom. The third-order valence-electron chi connectivity index (χ3n) is 4.67. The van der Waals surface area contributed by atoms with Crippen LogP contribution in [0.3, 0.4) is 0 Å². The Kier molecular flexibility index (Phi) is 4.83. The Morgan fingerprint density at radius 3 is 2.28 bits per heavy atom. The Labute approximate surface area is 167 Å². The van der Waals surface area contributed by atoms with Gasteiger partial charge in [-0.05, 0) is 36.8 Å². The Bertz CT molecular complexity index is 1200. The van der Waals surface area contributed by atoms with Crippen LogP contribution < -0.4 is 0 Å². The number of fused-ring (bicyclic) bond motifs is 1. The van der Waals surface area contributed by atoms with Gasteiger partial charge in [0.25, 0.3) is 5.69 Å². The molecule has 4 aromatic rings.